The van der Waals surface area contributed by atoms with Crippen LogP contribution < -0.4 is 0 Å². The summed E-state index contributed by atoms with van der Waals surface area (Å²) in [5.74, 6) is 0. The lowest BCUT2D eigenvalue weighted by atomic mass is 9.84. The monoisotopic (exact) mass is 564 g/mol. The molecule has 1 aromatic heterocycles. The first kappa shape index (κ1) is 12.3. The van der Waals surface area contributed by atoms with Crippen LogP contribution in [-0.2, 0) is 0 Å². The van der Waals surface area contributed by atoms with Crippen molar-refractivity contribution >= 4 is 54.3 Å². The van der Waals surface area contributed by atoms with E-state index in [2.05, 4.69) is 0 Å². The molecule has 1 heteroatoms. The molecule has 8 aromatic carbocycles. The quantitative estimate of drug-likeness (QED) is 0.195. The smallest absolute Gasteiger partial charge is 0.136 e. The fraction of sp³-hybridized carbons (Fsp3) is 0. The number of fused-ring (bicyclic) bond motifs is 6. The van der Waals surface area contributed by atoms with Gasteiger partial charge >= 0.3 is 0 Å². The normalized spacial score (nSPS) is 17.6. The topological polar surface area (TPSA) is 13.1 Å². The molecule has 9 aromatic rings. The van der Waals surface area contributed by atoms with Crippen molar-refractivity contribution in [3.05, 3.63) is 157 Å². The molecule has 0 saturated carbocycles. The highest BCUT2D eigenvalue weighted by Gasteiger charge is 2.19. The van der Waals surface area contributed by atoms with E-state index in [9.17, 15) is 5.48 Å². The second kappa shape index (κ2) is 9.44. The third-order valence-corrected chi connectivity index (χ3v) is 7.50. The predicted molar refractivity (Wildman–Crippen MR) is 183 cm³/mol. The summed E-state index contributed by atoms with van der Waals surface area (Å²) >= 11 is 0. The zero-order valence-corrected chi connectivity index (χ0v) is 22.0. The van der Waals surface area contributed by atoms with Crippen LogP contribution in [0.25, 0.3) is 87.6 Å². The Hall–Kier alpha value is -5.66. The van der Waals surface area contributed by atoms with Gasteiger partial charge in [0.15, 0.2) is 0 Å². The zero-order valence-electron chi connectivity index (χ0n) is 40.0. The highest BCUT2D eigenvalue weighted by molar-refractivity contribution is 6.23. The van der Waals surface area contributed by atoms with Gasteiger partial charge in [0.05, 0.1) is 24.7 Å². The van der Waals surface area contributed by atoms with E-state index in [0.717, 1.165) is 0 Å². The van der Waals surface area contributed by atoms with E-state index < -0.39 is 114 Å². The molecule has 0 aliphatic rings. The first-order chi connectivity index (χ1) is 28.8. The van der Waals surface area contributed by atoms with Crippen LogP contribution in [0.3, 0.4) is 0 Å². The van der Waals surface area contributed by atoms with Crippen molar-refractivity contribution < 1.29 is 29.1 Å². The van der Waals surface area contributed by atoms with Gasteiger partial charge in [-0.1, -0.05) is 133 Å². The van der Waals surface area contributed by atoms with Crippen LogP contribution in [-0.4, -0.2) is 0 Å². The fourth-order valence-electron chi connectivity index (χ4n) is 5.71. The van der Waals surface area contributed by atoms with E-state index in [1.54, 1.807) is 48.5 Å². The molecule has 1 nitrogen and oxygen atoms in total. The Morgan fingerprint density at radius 1 is 0.395 bits per heavy atom. The fourth-order valence-corrected chi connectivity index (χ4v) is 5.71. The standard InChI is InChI=1S/C42H26O/c1-2-12-27(13-3-1)31-16-6-7-17-33(31)42-36-20-10-8-18-34(36)41(35-19-9-11-21-37(35)42)30-22-23-32-38-24-28-14-4-5-15-29(28)25-40(38)43-39(32)26-30/h1-26H/i1D,2D,3D,4D,5D,6D,7D,12D,13D,14D,15D,16D,17D,22D,23D,24D,25D,26D. The summed E-state index contributed by atoms with van der Waals surface area (Å²) in [7, 11) is 0. The van der Waals surface area contributed by atoms with Crippen molar-refractivity contribution in [1.29, 1.82) is 0 Å². The highest BCUT2D eigenvalue weighted by atomic mass is 16.3. The molecule has 200 valence electrons. The molecular weight excluding hydrogens is 520 g/mol. The molecule has 0 unspecified atom stereocenters. The summed E-state index contributed by atoms with van der Waals surface area (Å²) in [6.07, 6.45) is 0. The Morgan fingerprint density at radius 2 is 0.953 bits per heavy atom. The SMILES string of the molecule is [2H]c1c([2H])c([2H])c(-c2c([2H])c([2H])c([2H])c([2H])c2-c2c3ccccc3c(-c3c([2H])c([2H])c4c(oc5c([2H])c6c([2H])c([2H])c([2H])c([2H])c6c([2H])c54)c3[2H])c3ccccc23)c([2H])c1[2H]. The van der Waals surface area contributed by atoms with Crippen LogP contribution >= 0.6 is 0 Å². The minimum atomic E-state index is -0.705. The van der Waals surface area contributed by atoms with Crippen molar-refractivity contribution in [3.8, 4) is 33.4 Å². The molecule has 0 aliphatic heterocycles. The largest absolute Gasteiger partial charge is 0.456 e. The highest BCUT2D eigenvalue weighted by Crippen LogP contribution is 2.46. The Kier molecular flexibility index (Phi) is 2.70. The van der Waals surface area contributed by atoms with Crippen LogP contribution in [0.1, 0.15) is 24.7 Å². The van der Waals surface area contributed by atoms with Crippen LogP contribution in [0.15, 0.2) is 162 Å². The molecule has 1 heterocycles. The third kappa shape index (κ3) is 3.72. The number of furan rings is 1. The Labute approximate surface area is 274 Å². The molecule has 0 N–H and O–H groups in total. The minimum absolute atomic E-state index is 0.108. The third-order valence-electron chi connectivity index (χ3n) is 7.50. The second-order valence-electron chi connectivity index (χ2n) is 9.85. The van der Waals surface area contributed by atoms with E-state index in [-0.39, 0.29) is 60.5 Å². The van der Waals surface area contributed by atoms with E-state index in [1.165, 1.54) is 0 Å². The van der Waals surface area contributed by atoms with Gasteiger partial charge in [-0.15, -0.1) is 0 Å². The van der Waals surface area contributed by atoms with Crippen LogP contribution in [0.4, 0.5) is 0 Å². The lowest BCUT2D eigenvalue weighted by molar-refractivity contribution is 0.669. The van der Waals surface area contributed by atoms with Crippen molar-refractivity contribution in [2.45, 2.75) is 0 Å². The molecule has 9 rings (SSSR count). The van der Waals surface area contributed by atoms with Gasteiger partial charge in [-0.3, -0.25) is 0 Å². The number of benzene rings is 8. The molecule has 0 radical (unpaired) electrons. The first-order valence-electron chi connectivity index (χ1n) is 22.3. The molecule has 0 amide bonds. The van der Waals surface area contributed by atoms with Gasteiger partial charge in [-0.25, -0.2) is 0 Å². The molecule has 0 fully saturated rings. The average Bonchev–Trinajstić information content (AvgIpc) is 3.67. The van der Waals surface area contributed by atoms with Gasteiger partial charge in [-0.05, 0) is 89.9 Å². The van der Waals surface area contributed by atoms with Crippen molar-refractivity contribution in [2.24, 2.45) is 0 Å². The Balaban J connectivity index is 1.46. The minimum Gasteiger partial charge on any atom is -0.456 e. The number of hydrogen-bond acceptors (Lipinski definition) is 1. The van der Waals surface area contributed by atoms with Crippen molar-refractivity contribution in [1.82, 2.24) is 0 Å². The molecule has 0 atom stereocenters. The molecule has 0 bridgehead atoms. The van der Waals surface area contributed by atoms with E-state index in [1.807, 2.05) is 0 Å². The second-order valence-corrected chi connectivity index (χ2v) is 9.85. The maximum Gasteiger partial charge on any atom is 0.136 e. The molecular formula is C42H26O. The summed E-state index contributed by atoms with van der Waals surface area (Å²) in [6.45, 7) is 0. The van der Waals surface area contributed by atoms with E-state index in [0.29, 0.717) is 21.5 Å². The Bertz CT molecular complexity index is 3430. The van der Waals surface area contributed by atoms with Gasteiger partial charge in [0, 0.05) is 10.8 Å². The Morgan fingerprint density at radius 3 is 1.65 bits per heavy atom. The van der Waals surface area contributed by atoms with Gasteiger partial charge < -0.3 is 4.42 Å². The predicted octanol–water partition coefficient (Wildman–Crippen LogP) is 12.0. The maximum atomic E-state index is 9.61. The summed E-state index contributed by atoms with van der Waals surface area (Å²) in [5, 5.41) is 0.426. The summed E-state index contributed by atoms with van der Waals surface area (Å²) in [4.78, 5) is 0. The number of rotatable bonds is 3. The molecule has 0 spiro atoms. The van der Waals surface area contributed by atoms with E-state index in [4.69, 9.17) is 23.6 Å². The van der Waals surface area contributed by atoms with Gasteiger partial charge in [0.2, 0.25) is 0 Å². The summed E-state index contributed by atoms with van der Waals surface area (Å²) in [5.41, 5.74) is -1.20. The van der Waals surface area contributed by atoms with Crippen LogP contribution in [0, 0.1) is 0 Å². The van der Waals surface area contributed by atoms with Crippen LogP contribution in [0.5, 0.6) is 0 Å². The van der Waals surface area contributed by atoms with E-state index >= 15 is 0 Å². The number of hydrogen-bond donors (Lipinski definition) is 0. The van der Waals surface area contributed by atoms with Gasteiger partial charge in [-0.2, -0.15) is 0 Å². The first-order valence-corrected chi connectivity index (χ1v) is 13.3. The summed E-state index contributed by atoms with van der Waals surface area (Å²) in [6, 6.07) is 2.51. The van der Waals surface area contributed by atoms with Gasteiger partial charge in [0.1, 0.15) is 11.2 Å². The maximum absolute atomic E-state index is 9.61. The lowest BCUT2D eigenvalue weighted by Crippen LogP contribution is -1.92. The van der Waals surface area contributed by atoms with Crippen LogP contribution in [0.2, 0.25) is 0 Å². The molecule has 0 aliphatic carbocycles. The van der Waals surface area contributed by atoms with Crippen molar-refractivity contribution in [2.75, 3.05) is 0 Å². The average molecular weight is 565 g/mol. The molecule has 0 saturated heterocycles. The summed E-state index contributed by atoms with van der Waals surface area (Å²) < 4.78 is 164. The molecule has 43 heavy (non-hydrogen) atoms. The van der Waals surface area contributed by atoms with Crippen molar-refractivity contribution in [3.63, 3.8) is 0 Å². The van der Waals surface area contributed by atoms with Gasteiger partial charge in [0.25, 0.3) is 0 Å². The zero-order chi connectivity index (χ0) is 44.0. The lowest BCUT2D eigenvalue weighted by Gasteiger charge is -2.19.